The molecule has 0 atom stereocenters. The summed E-state index contributed by atoms with van der Waals surface area (Å²) in [6.45, 7) is 3.88. The van der Waals surface area contributed by atoms with Crippen molar-refractivity contribution in [2.24, 2.45) is 0 Å². The first-order valence-corrected chi connectivity index (χ1v) is 4.49. The number of nitrogens with zero attached hydrogens (tertiary/aromatic N) is 3. The summed E-state index contributed by atoms with van der Waals surface area (Å²) in [7, 11) is 0. The smallest absolute Gasteiger partial charge is 0.0945 e. The monoisotopic (exact) mass is 185 g/mol. The number of rotatable bonds is 1. The van der Waals surface area contributed by atoms with Gasteiger partial charge in [0.15, 0.2) is 0 Å². The van der Waals surface area contributed by atoms with Crippen LogP contribution in [0.1, 0.15) is 11.4 Å². The molecule has 3 nitrogen and oxygen atoms in total. The predicted octanol–water partition coefficient (Wildman–Crippen LogP) is 2.16. The fourth-order valence-corrected chi connectivity index (χ4v) is 1.17. The van der Waals surface area contributed by atoms with E-state index in [9.17, 15) is 0 Å². The molecule has 0 amide bonds. The third kappa shape index (κ3) is 1.76. The molecule has 14 heavy (non-hydrogen) atoms. The highest BCUT2D eigenvalue weighted by molar-refractivity contribution is 5.56. The third-order valence-corrected chi connectivity index (χ3v) is 2.01. The average molecular weight is 185 g/mol. The second kappa shape index (κ2) is 3.54. The largest absolute Gasteiger partial charge is 0.261 e. The molecule has 2 aromatic heterocycles. The highest BCUT2D eigenvalue weighted by atomic mass is 15.1. The van der Waals surface area contributed by atoms with Crippen molar-refractivity contribution < 1.29 is 0 Å². The highest BCUT2D eigenvalue weighted by Gasteiger charge is 1.99. The molecule has 0 unspecified atom stereocenters. The molecular formula is C11H11N3. The average Bonchev–Trinajstić information content (AvgIpc) is 2.21. The Morgan fingerprint density at radius 2 is 1.64 bits per heavy atom. The predicted molar refractivity (Wildman–Crippen MR) is 54.7 cm³/mol. The molecule has 0 N–H and O–H groups in total. The van der Waals surface area contributed by atoms with Crippen LogP contribution in [0.3, 0.4) is 0 Å². The summed E-state index contributed by atoms with van der Waals surface area (Å²) < 4.78 is 0. The van der Waals surface area contributed by atoms with Crippen LogP contribution in [0.2, 0.25) is 0 Å². The van der Waals surface area contributed by atoms with Gasteiger partial charge in [-0.15, -0.1) is 0 Å². The van der Waals surface area contributed by atoms with E-state index in [0.717, 1.165) is 22.6 Å². The van der Waals surface area contributed by atoms with Crippen molar-refractivity contribution in [3.8, 4) is 11.3 Å². The lowest BCUT2D eigenvalue weighted by Gasteiger charge is -1.99. The van der Waals surface area contributed by atoms with Crippen LogP contribution in [-0.2, 0) is 0 Å². The summed E-state index contributed by atoms with van der Waals surface area (Å²) >= 11 is 0. The minimum Gasteiger partial charge on any atom is -0.261 e. The lowest BCUT2D eigenvalue weighted by Crippen LogP contribution is -1.90. The van der Waals surface area contributed by atoms with E-state index in [-0.39, 0.29) is 0 Å². The van der Waals surface area contributed by atoms with Gasteiger partial charge in [0.2, 0.25) is 0 Å². The van der Waals surface area contributed by atoms with Gasteiger partial charge in [-0.2, -0.15) is 10.2 Å². The molecule has 0 saturated carbocycles. The van der Waals surface area contributed by atoms with Crippen molar-refractivity contribution in [2.45, 2.75) is 13.8 Å². The standard InChI is InChI=1S/C11H11N3/c1-8-3-5-10(7-12-8)11-6-4-9(2)13-14-11/h3-7H,1-2H3. The summed E-state index contributed by atoms with van der Waals surface area (Å²) in [6.07, 6.45) is 1.81. The Kier molecular flexibility index (Phi) is 2.23. The van der Waals surface area contributed by atoms with Gasteiger partial charge in [-0.3, -0.25) is 4.98 Å². The maximum atomic E-state index is 4.21. The van der Waals surface area contributed by atoms with E-state index >= 15 is 0 Å². The van der Waals surface area contributed by atoms with Crippen LogP contribution in [-0.4, -0.2) is 15.2 Å². The van der Waals surface area contributed by atoms with Gasteiger partial charge in [0.1, 0.15) is 0 Å². The minimum atomic E-state index is 0.864. The fourth-order valence-electron chi connectivity index (χ4n) is 1.17. The number of pyridine rings is 1. The van der Waals surface area contributed by atoms with E-state index in [2.05, 4.69) is 15.2 Å². The normalized spacial score (nSPS) is 10.1. The molecule has 0 aromatic carbocycles. The first kappa shape index (κ1) is 8.81. The molecule has 2 aromatic rings. The minimum absolute atomic E-state index is 0.864. The van der Waals surface area contributed by atoms with Crippen molar-refractivity contribution >= 4 is 0 Å². The molecule has 0 spiro atoms. The van der Waals surface area contributed by atoms with E-state index in [4.69, 9.17) is 0 Å². The Bertz CT molecular complexity index is 374. The van der Waals surface area contributed by atoms with Gasteiger partial charge in [0.25, 0.3) is 0 Å². The maximum absolute atomic E-state index is 4.21. The van der Waals surface area contributed by atoms with E-state index in [1.807, 2.05) is 44.3 Å². The van der Waals surface area contributed by atoms with Gasteiger partial charge in [-0.25, -0.2) is 0 Å². The van der Waals surface area contributed by atoms with E-state index < -0.39 is 0 Å². The number of hydrogen-bond acceptors (Lipinski definition) is 3. The van der Waals surface area contributed by atoms with Crippen LogP contribution < -0.4 is 0 Å². The van der Waals surface area contributed by atoms with Crippen LogP contribution in [0.5, 0.6) is 0 Å². The van der Waals surface area contributed by atoms with E-state index in [1.165, 1.54) is 0 Å². The molecule has 0 aliphatic heterocycles. The van der Waals surface area contributed by atoms with Gasteiger partial charge < -0.3 is 0 Å². The van der Waals surface area contributed by atoms with Crippen LogP contribution in [0.15, 0.2) is 30.5 Å². The summed E-state index contributed by atoms with van der Waals surface area (Å²) in [6, 6.07) is 7.87. The van der Waals surface area contributed by atoms with Crippen LogP contribution >= 0.6 is 0 Å². The SMILES string of the molecule is Cc1ccc(-c2ccc(C)nn2)cn1. The quantitative estimate of drug-likeness (QED) is 0.683. The zero-order valence-corrected chi connectivity index (χ0v) is 8.23. The Labute approximate surface area is 82.8 Å². The molecule has 3 heteroatoms. The molecule has 2 rings (SSSR count). The van der Waals surface area contributed by atoms with E-state index in [1.54, 1.807) is 0 Å². The number of hydrogen-bond donors (Lipinski definition) is 0. The zero-order valence-electron chi connectivity index (χ0n) is 8.23. The lowest BCUT2D eigenvalue weighted by molar-refractivity contribution is 0.985. The number of aryl methyl sites for hydroxylation is 2. The topological polar surface area (TPSA) is 38.7 Å². The fraction of sp³-hybridized carbons (Fsp3) is 0.182. The third-order valence-electron chi connectivity index (χ3n) is 2.01. The molecule has 0 aliphatic rings. The van der Waals surface area contributed by atoms with Crippen molar-refractivity contribution in [3.63, 3.8) is 0 Å². The summed E-state index contributed by atoms with van der Waals surface area (Å²) in [5.41, 5.74) is 3.80. The Morgan fingerprint density at radius 3 is 2.21 bits per heavy atom. The van der Waals surface area contributed by atoms with Crippen molar-refractivity contribution in [3.05, 3.63) is 41.9 Å². The van der Waals surface area contributed by atoms with Gasteiger partial charge in [0.05, 0.1) is 11.4 Å². The second-order valence-corrected chi connectivity index (χ2v) is 3.25. The zero-order chi connectivity index (χ0) is 9.97. The first-order valence-electron chi connectivity index (χ1n) is 4.49. The van der Waals surface area contributed by atoms with Gasteiger partial charge in [0, 0.05) is 17.5 Å². The Hall–Kier alpha value is -1.77. The van der Waals surface area contributed by atoms with Gasteiger partial charge in [-0.1, -0.05) is 0 Å². The molecule has 70 valence electrons. The number of aromatic nitrogens is 3. The Balaban J connectivity index is 2.40. The van der Waals surface area contributed by atoms with Gasteiger partial charge in [-0.05, 0) is 38.1 Å². The molecule has 0 saturated heterocycles. The summed E-state index contributed by atoms with van der Waals surface area (Å²) in [5, 5.41) is 8.09. The maximum Gasteiger partial charge on any atom is 0.0945 e. The van der Waals surface area contributed by atoms with Crippen LogP contribution in [0.25, 0.3) is 11.3 Å². The molecule has 0 bridgehead atoms. The highest BCUT2D eigenvalue weighted by Crippen LogP contribution is 2.14. The van der Waals surface area contributed by atoms with Crippen LogP contribution in [0, 0.1) is 13.8 Å². The van der Waals surface area contributed by atoms with Crippen LogP contribution in [0.4, 0.5) is 0 Å². The summed E-state index contributed by atoms with van der Waals surface area (Å²) in [5.74, 6) is 0. The summed E-state index contributed by atoms with van der Waals surface area (Å²) in [4.78, 5) is 4.21. The Morgan fingerprint density at radius 1 is 0.857 bits per heavy atom. The molecule has 0 fully saturated rings. The second-order valence-electron chi connectivity index (χ2n) is 3.25. The molecule has 0 aliphatic carbocycles. The molecular weight excluding hydrogens is 174 g/mol. The van der Waals surface area contributed by atoms with Crippen molar-refractivity contribution in [2.75, 3.05) is 0 Å². The molecule has 2 heterocycles. The molecule has 0 radical (unpaired) electrons. The van der Waals surface area contributed by atoms with E-state index in [0.29, 0.717) is 0 Å². The van der Waals surface area contributed by atoms with Gasteiger partial charge >= 0.3 is 0 Å². The van der Waals surface area contributed by atoms with Crippen molar-refractivity contribution in [1.29, 1.82) is 0 Å². The lowest BCUT2D eigenvalue weighted by atomic mass is 10.2. The first-order chi connectivity index (χ1) is 6.75. The van der Waals surface area contributed by atoms with Crippen molar-refractivity contribution in [1.82, 2.24) is 15.2 Å².